The molecule has 0 spiro atoms. The first-order valence-corrected chi connectivity index (χ1v) is 8.72. The molecule has 1 aliphatic heterocycles. The number of fused-ring (bicyclic) bond motifs is 1. The van der Waals surface area contributed by atoms with Crippen LogP contribution in [0.5, 0.6) is 0 Å². The van der Waals surface area contributed by atoms with Gasteiger partial charge in [-0.2, -0.15) is 0 Å². The van der Waals surface area contributed by atoms with Crippen LogP contribution in [0, 0.1) is 5.82 Å². The highest BCUT2D eigenvalue weighted by Crippen LogP contribution is 2.25. The largest absolute Gasteiger partial charge is 0.385 e. The minimum Gasteiger partial charge on any atom is -0.385 e. The lowest BCUT2D eigenvalue weighted by Crippen LogP contribution is -2.44. The van der Waals surface area contributed by atoms with Crippen molar-refractivity contribution in [3.63, 3.8) is 0 Å². The number of benzene rings is 1. The van der Waals surface area contributed by atoms with Crippen LogP contribution in [-0.4, -0.2) is 42.1 Å². The molecule has 1 aromatic carbocycles. The van der Waals surface area contributed by atoms with Crippen molar-refractivity contribution in [2.24, 2.45) is 0 Å². The molecule has 134 valence electrons. The standard InChI is InChI=1S/C19H23FN2O3/c1-25-10-4-6-14-5-2-3-9-22(14)19(24)16-12-18(23)21-17-8-7-13(20)11-15(16)17/h7-8,11-12,14H,2-6,9-10H2,1H3,(H,21,23). The van der Waals surface area contributed by atoms with Crippen LogP contribution >= 0.6 is 0 Å². The molecule has 0 aliphatic carbocycles. The third-order valence-electron chi connectivity index (χ3n) is 4.81. The van der Waals surface area contributed by atoms with Gasteiger partial charge in [0.1, 0.15) is 5.82 Å². The number of aromatic nitrogens is 1. The molecule has 1 aromatic heterocycles. The van der Waals surface area contributed by atoms with Crippen LogP contribution in [-0.2, 0) is 4.74 Å². The summed E-state index contributed by atoms with van der Waals surface area (Å²) in [6.45, 7) is 1.33. The normalized spacial score (nSPS) is 17.8. The first-order chi connectivity index (χ1) is 12.1. The Bertz CT molecular complexity index is 818. The van der Waals surface area contributed by atoms with Gasteiger partial charge in [0.2, 0.25) is 5.56 Å². The molecule has 1 fully saturated rings. The van der Waals surface area contributed by atoms with E-state index >= 15 is 0 Å². The van der Waals surface area contributed by atoms with Gasteiger partial charge >= 0.3 is 0 Å². The number of aromatic amines is 1. The molecule has 0 radical (unpaired) electrons. The summed E-state index contributed by atoms with van der Waals surface area (Å²) in [6.07, 6.45) is 4.74. The number of carbonyl (C=O) groups excluding carboxylic acids is 1. The van der Waals surface area contributed by atoms with Gasteiger partial charge in [-0.1, -0.05) is 0 Å². The number of hydrogen-bond donors (Lipinski definition) is 1. The molecule has 1 aliphatic rings. The molecule has 2 aromatic rings. The molecular weight excluding hydrogens is 323 g/mol. The van der Waals surface area contributed by atoms with Crippen molar-refractivity contribution < 1.29 is 13.9 Å². The smallest absolute Gasteiger partial charge is 0.254 e. The highest BCUT2D eigenvalue weighted by Gasteiger charge is 2.28. The number of amides is 1. The molecule has 0 bridgehead atoms. The lowest BCUT2D eigenvalue weighted by Gasteiger charge is -2.36. The lowest BCUT2D eigenvalue weighted by molar-refractivity contribution is 0.0587. The third-order valence-corrected chi connectivity index (χ3v) is 4.81. The zero-order valence-electron chi connectivity index (χ0n) is 14.4. The second kappa shape index (κ2) is 7.78. The van der Waals surface area contributed by atoms with E-state index in [1.54, 1.807) is 7.11 Å². The number of carbonyl (C=O) groups is 1. The van der Waals surface area contributed by atoms with Gasteiger partial charge in [0.25, 0.3) is 5.91 Å². The molecule has 1 saturated heterocycles. The molecule has 25 heavy (non-hydrogen) atoms. The zero-order valence-corrected chi connectivity index (χ0v) is 14.4. The van der Waals surface area contributed by atoms with Gasteiger partial charge in [0.15, 0.2) is 0 Å². The second-order valence-electron chi connectivity index (χ2n) is 6.52. The summed E-state index contributed by atoms with van der Waals surface area (Å²) in [7, 11) is 1.67. The SMILES string of the molecule is COCCCC1CCCCN1C(=O)c1cc(=O)[nH]c2ccc(F)cc12. The summed E-state index contributed by atoms with van der Waals surface area (Å²) in [6, 6.07) is 5.50. The number of piperidine rings is 1. The molecule has 1 amide bonds. The fourth-order valence-electron chi connectivity index (χ4n) is 3.59. The molecule has 3 rings (SSSR count). The number of ether oxygens (including phenoxy) is 1. The topological polar surface area (TPSA) is 62.4 Å². The Balaban J connectivity index is 1.94. The Kier molecular flexibility index (Phi) is 5.48. The van der Waals surface area contributed by atoms with Gasteiger partial charge < -0.3 is 14.6 Å². The van der Waals surface area contributed by atoms with Crippen LogP contribution in [0.3, 0.4) is 0 Å². The summed E-state index contributed by atoms with van der Waals surface area (Å²) >= 11 is 0. The molecule has 5 nitrogen and oxygen atoms in total. The van der Waals surface area contributed by atoms with Crippen LogP contribution in [0.15, 0.2) is 29.1 Å². The number of pyridine rings is 1. The van der Waals surface area contributed by atoms with E-state index < -0.39 is 5.82 Å². The molecule has 0 saturated carbocycles. The van der Waals surface area contributed by atoms with Crippen LogP contribution in [0.4, 0.5) is 4.39 Å². The van der Waals surface area contributed by atoms with E-state index in [9.17, 15) is 14.0 Å². The number of nitrogens with one attached hydrogen (secondary N) is 1. The second-order valence-corrected chi connectivity index (χ2v) is 6.52. The fraction of sp³-hybridized carbons (Fsp3) is 0.474. The summed E-state index contributed by atoms with van der Waals surface area (Å²) in [5.41, 5.74) is 0.400. The Labute approximate surface area is 145 Å². The summed E-state index contributed by atoms with van der Waals surface area (Å²) in [5.74, 6) is -0.618. The molecular formula is C19H23FN2O3. The Morgan fingerprint density at radius 2 is 2.20 bits per heavy atom. The predicted molar refractivity (Wildman–Crippen MR) is 94.3 cm³/mol. The minimum atomic E-state index is -0.427. The van der Waals surface area contributed by atoms with Crippen LogP contribution < -0.4 is 5.56 Å². The Morgan fingerprint density at radius 1 is 1.36 bits per heavy atom. The summed E-state index contributed by atoms with van der Waals surface area (Å²) in [5, 5.41) is 0.450. The Hall–Kier alpha value is -2.21. The van der Waals surface area contributed by atoms with E-state index in [-0.39, 0.29) is 23.1 Å². The number of H-pyrrole nitrogens is 1. The average molecular weight is 346 g/mol. The van der Waals surface area contributed by atoms with E-state index in [1.165, 1.54) is 24.3 Å². The van der Waals surface area contributed by atoms with Crippen molar-refractivity contribution >= 4 is 16.8 Å². The molecule has 1 N–H and O–H groups in total. The maximum absolute atomic E-state index is 13.7. The number of methoxy groups -OCH3 is 1. The number of halogens is 1. The summed E-state index contributed by atoms with van der Waals surface area (Å²) < 4.78 is 18.8. The van der Waals surface area contributed by atoms with E-state index in [1.807, 2.05) is 4.90 Å². The monoisotopic (exact) mass is 346 g/mol. The fourth-order valence-corrected chi connectivity index (χ4v) is 3.59. The first kappa shape index (κ1) is 17.6. The van der Waals surface area contributed by atoms with E-state index in [4.69, 9.17) is 4.74 Å². The highest BCUT2D eigenvalue weighted by molar-refractivity contribution is 6.06. The highest BCUT2D eigenvalue weighted by atomic mass is 19.1. The van der Waals surface area contributed by atoms with Crippen LogP contribution in [0.25, 0.3) is 10.9 Å². The maximum atomic E-state index is 13.7. The van der Waals surface area contributed by atoms with Gasteiger partial charge in [-0.25, -0.2) is 4.39 Å². The van der Waals surface area contributed by atoms with Gasteiger partial charge in [-0.15, -0.1) is 0 Å². The number of hydrogen-bond acceptors (Lipinski definition) is 3. The third kappa shape index (κ3) is 3.90. The zero-order chi connectivity index (χ0) is 17.8. The maximum Gasteiger partial charge on any atom is 0.254 e. The Morgan fingerprint density at radius 3 is 3.00 bits per heavy atom. The van der Waals surface area contributed by atoms with Gasteiger partial charge in [0.05, 0.1) is 5.56 Å². The van der Waals surface area contributed by atoms with E-state index in [0.29, 0.717) is 24.1 Å². The minimum absolute atomic E-state index is 0.138. The average Bonchev–Trinajstić information content (AvgIpc) is 2.61. The van der Waals surface area contributed by atoms with Gasteiger partial charge in [-0.3, -0.25) is 9.59 Å². The number of rotatable bonds is 5. The summed E-state index contributed by atoms with van der Waals surface area (Å²) in [4.78, 5) is 29.6. The van der Waals surface area contributed by atoms with E-state index in [2.05, 4.69) is 4.98 Å². The first-order valence-electron chi connectivity index (χ1n) is 8.72. The lowest BCUT2D eigenvalue weighted by atomic mass is 9.96. The van der Waals surface area contributed by atoms with Crippen LogP contribution in [0.1, 0.15) is 42.5 Å². The van der Waals surface area contributed by atoms with Crippen molar-refractivity contribution in [2.45, 2.75) is 38.1 Å². The van der Waals surface area contributed by atoms with Gasteiger partial charge in [-0.05, 0) is 50.3 Å². The molecule has 2 heterocycles. The van der Waals surface area contributed by atoms with Crippen molar-refractivity contribution in [2.75, 3.05) is 20.3 Å². The number of nitrogens with zero attached hydrogens (tertiary/aromatic N) is 1. The van der Waals surface area contributed by atoms with Crippen molar-refractivity contribution in [3.05, 3.63) is 46.0 Å². The van der Waals surface area contributed by atoms with Crippen molar-refractivity contribution in [3.8, 4) is 0 Å². The molecule has 1 unspecified atom stereocenters. The van der Waals surface area contributed by atoms with Crippen LogP contribution in [0.2, 0.25) is 0 Å². The molecule has 6 heteroatoms. The number of likely N-dealkylation sites (tertiary alicyclic amines) is 1. The molecule has 1 atom stereocenters. The predicted octanol–water partition coefficient (Wildman–Crippen LogP) is 3.09. The van der Waals surface area contributed by atoms with Crippen molar-refractivity contribution in [1.82, 2.24) is 9.88 Å². The quantitative estimate of drug-likeness (QED) is 0.846. The van der Waals surface area contributed by atoms with E-state index in [0.717, 1.165) is 32.1 Å². The van der Waals surface area contributed by atoms with Gasteiger partial charge in [0, 0.05) is 43.3 Å². The van der Waals surface area contributed by atoms with Crippen molar-refractivity contribution in [1.29, 1.82) is 0 Å².